The molecule has 0 spiro atoms. The Hall–Kier alpha value is -1.15. The maximum Gasteiger partial charge on any atom is 0.396 e. The molecule has 5 nitrogen and oxygen atoms in total. The van der Waals surface area contributed by atoms with Crippen LogP contribution in [0.5, 0.6) is 0 Å². The average Bonchev–Trinajstić information content (AvgIpc) is 2.75. The van der Waals surface area contributed by atoms with Crippen molar-refractivity contribution in [3.8, 4) is 0 Å². The van der Waals surface area contributed by atoms with Gasteiger partial charge >= 0.3 is 6.18 Å². The number of alkyl halides is 3. The van der Waals surface area contributed by atoms with E-state index < -0.39 is 12.6 Å². The summed E-state index contributed by atoms with van der Waals surface area (Å²) in [6.07, 6.45) is -4.74. The van der Waals surface area contributed by atoms with E-state index in [4.69, 9.17) is 9.26 Å². The molecule has 1 aliphatic rings. The first-order chi connectivity index (χ1) is 8.49. The molecular weight excluding hydrogens is 251 g/mol. The summed E-state index contributed by atoms with van der Waals surface area (Å²) >= 11 is 0. The number of rotatable bonds is 3. The van der Waals surface area contributed by atoms with Gasteiger partial charge in [-0.15, -0.1) is 0 Å². The summed E-state index contributed by atoms with van der Waals surface area (Å²) in [6, 6.07) is 0.0814. The Morgan fingerprint density at radius 1 is 1.44 bits per heavy atom. The highest BCUT2D eigenvalue weighted by molar-refractivity contribution is 5.01. The molecule has 1 aromatic rings. The van der Waals surface area contributed by atoms with E-state index in [0.717, 1.165) is 6.42 Å². The Bertz CT molecular complexity index is 394. The molecule has 1 aromatic heterocycles. The molecule has 2 rings (SSSR count). The molecule has 102 valence electrons. The minimum atomic E-state index is -4.33. The van der Waals surface area contributed by atoms with Gasteiger partial charge in [0, 0.05) is 12.6 Å². The van der Waals surface area contributed by atoms with Gasteiger partial charge in [-0.05, 0) is 13.5 Å². The maximum atomic E-state index is 12.2. The van der Waals surface area contributed by atoms with Crippen LogP contribution in [0.3, 0.4) is 0 Å². The first-order valence-electron chi connectivity index (χ1n) is 5.64. The minimum absolute atomic E-state index is 0.0814. The summed E-state index contributed by atoms with van der Waals surface area (Å²) in [5.74, 6) is -0.329. The van der Waals surface area contributed by atoms with Crippen molar-refractivity contribution in [1.82, 2.24) is 15.5 Å². The average molecular weight is 265 g/mol. The predicted molar refractivity (Wildman–Crippen MR) is 55.1 cm³/mol. The van der Waals surface area contributed by atoms with Crippen molar-refractivity contribution < 1.29 is 22.4 Å². The highest BCUT2D eigenvalue weighted by Gasteiger charge is 2.34. The summed E-state index contributed by atoms with van der Waals surface area (Å²) in [5, 5.41) is 6.44. The number of nitrogens with one attached hydrogen (secondary N) is 1. The second kappa shape index (κ2) is 5.23. The van der Waals surface area contributed by atoms with E-state index in [9.17, 15) is 13.2 Å². The third kappa shape index (κ3) is 3.20. The summed E-state index contributed by atoms with van der Waals surface area (Å²) < 4.78 is 46.7. The molecule has 8 heteroatoms. The van der Waals surface area contributed by atoms with Crippen LogP contribution >= 0.6 is 0 Å². The van der Waals surface area contributed by atoms with Crippen molar-refractivity contribution in [2.75, 3.05) is 20.3 Å². The van der Waals surface area contributed by atoms with E-state index in [1.165, 1.54) is 0 Å². The predicted octanol–water partition coefficient (Wildman–Crippen LogP) is 1.27. The minimum Gasteiger partial charge on any atom is -0.381 e. The smallest absolute Gasteiger partial charge is 0.381 e. The number of aromatic nitrogens is 2. The van der Waals surface area contributed by atoms with Crippen LogP contribution in [-0.2, 0) is 11.2 Å². The number of nitrogens with zero attached hydrogens (tertiary/aromatic N) is 2. The van der Waals surface area contributed by atoms with E-state index in [-0.39, 0.29) is 23.7 Å². The topological polar surface area (TPSA) is 60.2 Å². The summed E-state index contributed by atoms with van der Waals surface area (Å²) in [6.45, 7) is 0.991. The standard InChI is InChI=1S/C10H14F3N3O2/c1-14-7-2-3-17-5-6(7)9-15-8(16-18-9)4-10(11,12)13/h6-7,14H,2-5H2,1H3. The van der Waals surface area contributed by atoms with Crippen LogP contribution in [0.25, 0.3) is 0 Å². The van der Waals surface area contributed by atoms with Crippen molar-refractivity contribution in [2.45, 2.75) is 31.0 Å². The fourth-order valence-corrected chi connectivity index (χ4v) is 2.00. The number of halogens is 3. The van der Waals surface area contributed by atoms with E-state index in [1.807, 2.05) is 0 Å². The van der Waals surface area contributed by atoms with Crippen molar-refractivity contribution in [1.29, 1.82) is 0 Å². The van der Waals surface area contributed by atoms with Gasteiger partial charge in [0.05, 0.1) is 12.5 Å². The molecule has 0 radical (unpaired) electrons. The highest BCUT2D eigenvalue weighted by Crippen LogP contribution is 2.26. The third-order valence-corrected chi connectivity index (χ3v) is 2.89. The van der Waals surface area contributed by atoms with Gasteiger partial charge in [-0.25, -0.2) is 0 Å². The van der Waals surface area contributed by atoms with E-state index in [0.29, 0.717) is 13.2 Å². The van der Waals surface area contributed by atoms with Gasteiger partial charge in [0.25, 0.3) is 0 Å². The molecule has 1 saturated heterocycles. The zero-order valence-corrected chi connectivity index (χ0v) is 9.83. The molecule has 1 aliphatic heterocycles. The SMILES string of the molecule is CNC1CCOCC1c1nc(CC(F)(F)F)no1. The van der Waals surface area contributed by atoms with Gasteiger partial charge in [-0.1, -0.05) is 5.16 Å². The first-order valence-corrected chi connectivity index (χ1v) is 5.64. The quantitative estimate of drug-likeness (QED) is 0.891. The molecule has 2 heterocycles. The maximum absolute atomic E-state index is 12.2. The van der Waals surface area contributed by atoms with Gasteiger partial charge in [0.15, 0.2) is 5.82 Å². The Balaban J connectivity index is 2.08. The molecule has 0 saturated carbocycles. The summed E-state index contributed by atoms with van der Waals surface area (Å²) in [5.41, 5.74) is 0. The van der Waals surface area contributed by atoms with Crippen LogP contribution in [-0.4, -0.2) is 42.6 Å². The lowest BCUT2D eigenvalue weighted by Crippen LogP contribution is -2.39. The van der Waals surface area contributed by atoms with Crippen molar-refractivity contribution in [3.63, 3.8) is 0 Å². The molecule has 1 fully saturated rings. The molecule has 0 aliphatic carbocycles. The monoisotopic (exact) mass is 265 g/mol. The Morgan fingerprint density at radius 2 is 2.22 bits per heavy atom. The third-order valence-electron chi connectivity index (χ3n) is 2.89. The molecule has 2 atom stereocenters. The van der Waals surface area contributed by atoms with Gasteiger partial charge < -0.3 is 14.6 Å². The zero-order valence-electron chi connectivity index (χ0n) is 9.83. The molecule has 0 bridgehead atoms. The van der Waals surface area contributed by atoms with Crippen molar-refractivity contribution >= 4 is 0 Å². The summed E-state index contributed by atoms with van der Waals surface area (Å²) in [7, 11) is 1.79. The molecule has 0 aromatic carbocycles. The van der Waals surface area contributed by atoms with Crippen LogP contribution in [0.4, 0.5) is 13.2 Å². The molecule has 0 amide bonds. The van der Waals surface area contributed by atoms with Crippen LogP contribution < -0.4 is 5.32 Å². The highest BCUT2D eigenvalue weighted by atomic mass is 19.4. The summed E-state index contributed by atoms with van der Waals surface area (Å²) in [4.78, 5) is 3.80. The van der Waals surface area contributed by atoms with E-state index in [1.54, 1.807) is 7.05 Å². The molecule has 1 N–H and O–H groups in total. The normalized spacial score (nSPS) is 25.3. The van der Waals surface area contributed by atoms with Crippen molar-refractivity contribution in [2.24, 2.45) is 0 Å². The first kappa shape index (κ1) is 13.3. The van der Waals surface area contributed by atoms with Crippen LogP contribution in [0.1, 0.15) is 24.1 Å². The Labute approximate surface area is 102 Å². The molecule has 2 unspecified atom stereocenters. The van der Waals surface area contributed by atoms with Crippen LogP contribution in [0.2, 0.25) is 0 Å². The number of hydrogen-bond donors (Lipinski definition) is 1. The van der Waals surface area contributed by atoms with Gasteiger partial charge in [-0.2, -0.15) is 18.2 Å². The molecular formula is C10H14F3N3O2. The van der Waals surface area contributed by atoms with E-state index in [2.05, 4.69) is 15.5 Å². The Kier molecular flexibility index (Phi) is 3.86. The zero-order chi connectivity index (χ0) is 13.2. The largest absolute Gasteiger partial charge is 0.396 e. The molecule has 18 heavy (non-hydrogen) atoms. The number of hydrogen-bond acceptors (Lipinski definition) is 5. The van der Waals surface area contributed by atoms with Gasteiger partial charge in [0.1, 0.15) is 6.42 Å². The van der Waals surface area contributed by atoms with Gasteiger partial charge in [-0.3, -0.25) is 0 Å². The Morgan fingerprint density at radius 3 is 2.89 bits per heavy atom. The van der Waals surface area contributed by atoms with Crippen molar-refractivity contribution in [3.05, 3.63) is 11.7 Å². The van der Waals surface area contributed by atoms with Gasteiger partial charge in [0.2, 0.25) is 5.89 Å². The lowest BCUT2D eigenvalue weighted by Gasteiger charge is -2.28. The fraction of sp³-hybridized carbons (Fsp3) is 0.800. The van der Waals surface area contributed by atoms with E-state index >= 15 is 0 Å². The number of likely N-dealkylation sites (N-methyl/N-ethyl adjacent to an activating group) is 1. The number of ether oxygens (including phenoxy) is 1. The van der Waals surface area contributed by atoms with Crippen LogP contribution in [0.15, 0.2) is 4.52 Å². The van der Waals surface area contributed by atoms with Crippen LogP contribution in [0, 0.1) is 0 Å². The lowest BCUT2D eigenvalue weighted by atomic mass is 9.96. The second-order valence-electron chi connectivity index (χ2n) is 4.21. The second-order valence-corrected chi connectivity index (χ2v) is 4.21. The lowest BCUT2D eigenvalue weighted by molar-refractivity contribution is -0.128. The fourth-order valence-electron chi connectivity index (χ4n) is 2.00.